The Labute approximate surface area is 149 Å². The maximum absolute atomic E-state index is 13.1. The number of unbranched alkanes of at least 4 members (excludes halogenated alkanes) is 1. The molecule has 0 spiro atoms. The highest BCUT2D eigenvalue weighted by molar-refractivity contribution is 5.72. The Morgan fingerprint density at radius 3 is 1.81 bits per heavy atom. The van der Waals surface area contributed by atoms with Gasteiger partial charge in [0.2, 0.25) is 34.8 Å². The first kappa shape index (κ1) is 26.2. The first-order valence-corrected chi connectivity index (χ1v) is 8.12. The standard InChI is InChI=1S/C11H7F5O3.C4H11N.C2H6/c12-6-7(13)9(15)11(10(16)8(6)14)19-5(18)3-1-2-4-17;1-3-4-5-2;1-2/h4H,1-3H2;5H,3-4H2,1-2H3;1-2H3. The van der Waals surface area contributed by atoms with Gasteiger partial charge in [0.1, 0.15) is 6.29 Å². The maximum Gasteiger partial charge on any atom is 0.311 e. The molecular weight excluding hydrogens is 361 g/mol. The molecule has 0 heterocycles. The first-order valence-electron chi connectivity index (χ1n) is 8.12. The predicted octanol–water partition coefficient (Wildman–Crippen LogP) is 4.30. The highest BCUT2D eigenvalue weighted by atomic mass is 19.2. The van der Waals surface area contributed by atoms with Crippen LogP contribution in [0, 0.1) is 29.1 Å². The quantitative estimate of drug-likeness (QED) is 0.145. The molecular formula is C17H24F5NO3. The van der Waals surface area contributed by atoms with E-state index in [1.54, 1.807) is 0 Å². The van der Waals surface area contributed by atoms with E-state index in [0.717, 1.165) is 6.54 Å². The van der Waals surface area contributed by atoms with E-state index < -0.39 is 47.2 Å². The lowest BCUT2D eigenvalue weighted by Gasteiger charge is -2.08. The largest absolute Gasteiger partial charge is 0.420 e. The number of hydrogen-bond donors (Lipinski definition) is 1. The molecule has 1 aromatic rings. The van der Waals surface area contributed by atoms with Crippen LogP contribution in [0.5, 0.6) is 5.75 Å². The van der Waals surface area contributed by atoms with Crippen LogP contribution < -0.4 is 10.1 Å². The van der Waals surface area contributed by atoms with Crippen molar-refractivity contribution in [3.05, 3.63) is 29.1 Å². The average molecular weight is 385 g/mol. The Hall–Kier alpha value is -2.03. The van der Waals surface area contributed by atoms with Crippen LogP contribution in [-0.2, 0) is 9.59 Å². The van der Waals surface area contributed by atoms with Crippen molar-refractivity contribution >= 4 is 12.3 Å². The normalized spacial score (nSPS) is 9.42. The number of nitrogens with one attached hydrogen (secondary N) is 1. The van der Waals surface area contributed by atoms with Crippen LogP contribution in [0.15, 0.2) is 0 Å². The van der Waals surface area contributed by atoms with Crippen molar-refractivity contribution in [3.63, 3.8) is 0 Å². The van der Waals surface area contributed by atoms with Crippen molar-refractivity contribution in [3.8, 4) is 5.75 Å². The van der Waals surface area contributed by atoms with Gasteiger partial charge in [-0.3, -0.25) is 4.79 Å². The third-order valence-corrected chi connectivity index (χ3v) is 2.59. The van der Waals surface area contributed by atoms with Gasteiger partial charge in [-0.25, -0.2) is 13.2 Å². The van der Waals surface area contributed by atoms with Crippen molar-refractivity contribution in [2.24, 2.45) is 0 Å². The Morgan fingerprint density at radius 2 is 1.46 bits per heavy atom. The smallest absolute Gasteiger partial charge is 0.311 e. The molecule has 0 amide bonds. The molecule has 0 radical (unpaired) electrons. The Balaban J connectivity index is 0. The SMILES string of the molecule is CC.CCCNC.O=CCCCC(=O)Oc1c(F)c(F)c(F)c(F)c1F. The van der Waals surface area contributed by atoms with E-state index in [2.05, 4.69) is 17.0 Å². The van der Waals surface area contributed by atoms with E-state index in [9.17, 15) is 31.5 Å². The fraction of sp³-hybridized carbons (Fsp3) is 0.529. The number of rotatable bonds is 7. The van der Waals surface area contributed by atoms with Crippen LogP contribution in [0.4, 0.5) is 22.0 Å². The number of carbonyl (C=O) groups is 2. The average Bonchev–Trinajstić information content (AvgIpc) is 2.65. The van der Waals surface area contributed by atoms with E-state index in [1.165, 1.54) is 6.42 Å². The number of halogens is 5. The minimum atomic E-state index is -2.34. The zero-order valence-corrected chi connectivity index (χ0v) is 15.2. The summed E-state index contributed by atoms with van der Waals surface area (Å²) in [6.07, 6.45) is 1.39. The van der Waals surface area contributed by atoms with E-state index in [-0.39, 0.29) is 12.8 Å². The lowest BCUT2D eigenvalue weighted by molar-refractivity contribution is -0.135. The molecule has 0 saturated heterocycles. The fourth-order valence-electron chi connectivity index (χ4n) is 1.42. The molecule has 26 heavy (non-hydrogen) atoms. The zero-order chi connectivity index (χ0) is 20.7. The van der Waals surface area contributed by atoms with Crippen molar-refractivity contribution in [2.45, 2.75) is 46.5 Å². The molecule has 0 bridgehead atoms. The summed E-state index contributed by atoms with van der Waals surface area (Å²) in [7, 11) is 1.96. The van der Waals surface area contributed by atoms with Crippen molar-refractivity contribution in [2.75, 3.05) is 13.6 Å². The highest BCUT2D eigenvalue weighted by Crippen LogP contribution is 2.29. The number of hydrogen-bond acceptors (Lipinski definition) is 4. The number of carbonyl (C=O) groups excluding carboxylic acids is 2. The lowest BCUT2D eigenvalue weighted by atomic mass is 10.2. The molecule has 0 unspecified atom stereocenters. The van der Waals surface area contributed by atoms with Crippen LogP contribution >= 0.6 is 0 Å². The van der Waals surface area contributed by atoms with Gasteiger partial charge in [0.15, 0.2) is 0 Å². The zero-order valence-electron chi connectivity index (χ0n) is 15.2. The third-order valence-electron chi connectivity index (χ3n) is 2.59. The first-order chi connectivity index (χ1) is 12.3. The molecule has 0 aliphatic rings. The molecule has 0 aromatic heterocycles. The molecule has 0 fully saturated rings. The topological polar surface area (TPSA) is 55.4 Å². The Kier molecular flexibility index (Phi) is 15.4. The summed E-state index contributed by atoms with van der Waals surface area (Å²) in [5, 5.41) is 3.02. The van der Waals surface area contributed by atoms with Gasteiger partial charge in [-0.1, -0.05) is 20.8 Å². The second-order valence-electron chi connectivity index (χ2n) is 4.54. The molecule has 0 saturated carbocycles. The molecule has 9 heteroatoms. The van der Waals surface area contributed by atoms with E-state index in [0.29, 0.717) is 6.29 Å². The minimum absolute atomic E-state index is 0.00616. The van der Waals surface area contributed by atoms with Gasteiger partial charge >= 0.3 is 5.97 Å². The number of benzene rings is 1. The summed E-state index contributed by atoms with van der Waals surface area (Å²) in [6, 6.07) is 0. The van der Waals surface area contributed by atoms with Crippen LogP contribution in [0.3, 0.4) is 0 Å². The molecule has 0 aliphatic heterocycles. The Bertz CT molecular complexity index is 537. The predicted molar refractivity (Wildman–Crippen MR) is 87.3 cm³/mol. The number of aldehydes is 1. The molecule has 0 atom stereocenters. The summed E-state index contributed by atoms with van der Waals surface area (Å²) < 4.78 is 68.5. The molecule has 1 rings (SSSR count). The van der Waals surface area contributed by atoms with Crippen LogP contribution in [0.1, 0.15) is 46.5 Å². The van der Waals surface area contributed by atoms with Crippen LogP contribution in [0.2, 0.25) is 0 Å². The lowest BCUT2D eigenvalue weighted by Crippen LogP contribution is -2.13. The second kappa shape index (κ2) is 15.2. The van der Waals surface area contributed by atoms with Crippen LogP contribution in [-0.4, -0.2) is 25.8 Å². The maximum atomic E-state index is 13.1. The van der Waals surface area contributed by atoms with Gasteiger partial charge in [-0.05, 0) is 26.4 Å². The highest BCUT2D eigenvalue weighted by Gasteiger charge is 2.28. The second-order valence-corrected chi connectivity index (χ2v) is 4.54. The summed E-state index contributed by atoms with van der Waals surface area (Å²) in [5.74, 6) is -14.0. The summed E-state index contributed by atoms with van der Waals surface area (Å²) in [6.45, 7) is 7.29. The molecule has 150 valence electrons. The van der Waals surface area contributed by atoms with Gasteiger partial charge in [0.05, 0.1) is 0 Å². The molecule has 1 N–H and O–H groups in total. The molecule has 1 aromatic carbocycles. The summed E-state index contributed by atoms with van der Waals surface area (Å²) in [4.78, 5) is 21.1. The van der Waals surface area contributed by atoms with Crippen molar-refractivity contribution in [1.29, 1.82) is 0 Å². The van der Waals surface area contributed by atoms with Crippen LogP contribution in [0.25, 0.3) is 0 Å². The third kappa shape index (κ3) is 8.89. The molecule has 0 aliphatic carbocycles. The number of esters is 1. The summed E-state index contributed by atoms with van der Waals surface area (Å²) >= 11 is 0. The van der Waals surface area contributed by atoms with Gasteiger partial charge in [-0.15, -0.1) is 0 Å². The number of ether oxygens (including phenoxy) is 1. The van der Waals surface area contributed by atoms with Gasteiger partial charge < -0.3 is 14.8 Å². The minimum Gasteiger partial charge on any atom is -0.420 e. The van der Waals surface area contributed by atoms with Crippen molar-refractivity contribution in [1.82, 2.24) is 5.32 Å². The van der Waals surface area contributed by atoms with E-state index in [4.69, 9.17) is 0 Å². The summed E-state index contributed by atoms with van der Waals surface area (Å²) in [5.41, 5.74) is 0. The van der Waals surface area contributed by atoms with Crippen molar-refractivity contribution < 1.29 is 36.3 Å². The monoisotopic (exact) mass is 385 g/mol. The molecule has 4 nitrogen and oxygen atoms in total. The van der Waals surface area contributed by atoms with E-state index in [1.807, 2.05) is 20.9 Å². The van der Waals surface area contributed by atoms with Gasteiger partial charge in [0, 0.05) is 12.8 Å². The van der Waals surface area contributed by atoms with E-state index >= 15 is 0 Å². The fourth-order valence-corrected chi connectivity index (χ4v) is 1.42. The van der Waals surface area contributed by atoms with Gasteiger partial charge in [0.25, 0.3) is 0 Å². The van der Waals surface area contributed by atoms with Gasteiger partial charge in [-0.2, -0.15) is 8.78 Å². The Morgan fingerprint density at radius 1 is 1.00 bits per heavy atom.